The molecular formula is C38H40N2O6S4. The van der Waals surface area contributed by atoms with Crippen molar-refractivity contribution >= 4 is 80.5 Å². The van der Waals surface area contributed by atoms with Gasteiger partial charge in [0.1, 0.15) is 13.1 Å². The average Bonchev–Trinajstić information content (AvgIpc) is 3.93. The van der Waals surface area contributed by atoms with Crippen LogP contribution in [0, 0.1) is 0 Å². The van der Waals surface area contributed by atoms with Crippen molar-refractivity contribution in [3.05, 3.63) is 79.2 Å². The normalized spacial score (nSPS) is 14.5. The van der Waals surface area contributed by atoms with E-state index >= 15 is 0 Å². The summed E-state index contributed by atoms with van der Waals surface area (Å²) >= 11 is 6.23. The van der Waals surface area contributed by atoms with Crippen LogP contribution in [-0.2, 0) is 32.0 Å². The Morgan fingerprint density at radius 2 is 0.880 bits per heavy atom. The summed E-state index contributed by atoms with van der Waals surface area (Å²) in [6.07, 6.45) is 11.5. The number of fused-ring (bicyclic) bond motifs is 1. The Hall–Kier alpha value is -3.84. The van der Waals surface area contributed by atoms with Crippen molar-refractivity contribution in [1.82, 2.24) is 9.80 Å². The van der Waals surface area contributed by atoms with Gasteiger partial charge in [-0.3, -0.25) is 29.0 Å². The minimum absolute atomic E-state index is 0.0594. The van der Waals surface area contributed by atoms with Crippen LogP contribution in [0.15, 0.2) is 59.7 Å². The molecule has 6 rings (SSSR count). The Labute approximate surface area is 308 Å². The topological polar surface area (TPSA) is 115 Å². The molecule has 2 N–H and O–H groups in total. The van der Waals surface area contributed by atoms with Crippen LogP contribution in [0.3, 0.4) is 0 Å². The lowest BCUT2D eigenvalue weighted by Gasteiger charge is -2.22. The first-order chi connectivity index (χ1) is 24.2. The third kappa shape index (κ3) is 7.58. The second-order valence-electron chi connectivity index (χ2n) is 12.5. The fourth-order valence-corrected chi connectivity index (χ4v) is 10.8. The third-order valence-electron chi connectivity index (χ3n) is 8.81. The van der Waals surface area contributed by atoms with Gasteiger partial charge in [0, 0.05) is 29.3 Å². The third-order valence-corrected chi connectivity index (χ3v) is 13.7. The number of nitrogens with zero attached hydrogens (tertiary/aromatic N) is 2. The Kier molecular flexibility index (Phi) is 11.5. The second-order valence-corrected chi connectivity index (χ2v) is 17.0. The lowest BCUT2D eigenvalue weighted by Crippen LogP contribution is -2.34. The van der Waals surface area contributed by atoms with Crippen LogP contribution in [0.4, 0.5) is 0 Å². The number of aryl methyl sites for hydroxylation is 2. The quantitative estimate of drug-likeness (QED) is 0.0980. The van der Waals surface area contributed by atoms with Gasteiger partial charge in [-0.15, -0.1) is 45.3 Å². The number of carboxylic acid groups (broad SMARTS) is 2. The molecule has 4 aromatic heterocycles. The number of thiophene rings is 4. The summed E-state index contributed by atoms with van der Waals surface area (Å²) in [5, 5.41) is 19.7. The van der Waals surface area contributed by atoms with Gasteiger partial charge in [0.05, 0.1) is 32.3 Å². The van der Waals surface area contributed by atoms with Crippen LogP contribution in [0.5, 0.6) is 0 Å². The van der Waals surface area contributed by atoms with Crippen molar-refractivity contribution < 1.29 is 29.4 Å². The number of rotatable bonds is 18. The molecule has 0 aromatic carbocycles. The summed E-state index contributed by atoms with van der Waals surface area (Å²) in [5.74, 6) is -3.65. The Morgan fingerprint density at radius 1 is 0.520 bits per heavy atom. The Morgan fingerprint density at radius 3 is 1.26 bits per heavy atom. The van der Waals surface area contributed by atoms with E-state index in [-0.39, 0.29) is 22.5 Å². The molecule has 0 saturated carbocycles. The van der Waals surface area contributed by atoms with Gasteiger partial charge >= 0.3 is 11.9 Å². The fourth-order valence-electron chi connectivity index (χ4n) is 6.42. The molecule has 6 heterocycles. The zero-order valence-electron chi connectivity index (χ0n) is 28.2. The molecule has 0 atom stereocenters. The van der Waals surface area contributed by atoms with E-state index in [1.54, 1.807) is 22.7 Å². The Bertz CT molecular complexity index is 1830. The smallest absolute Gasteiger partial charge is 0.323 e. The molecule has 8 nitrogen and oxygen atoms in total. The molecule has 0 spiro atoms. The number of unbranched alkanes of at least 4 members (excludes halogenated alkanes) is 6. The van der Waals surface area contributed by atoms with Gasteiger partial charge in [0.15, 0.2) is 0 Å². The first-order valence-electron chi connectivity index (χ1n) is 17.1. The summed E-state index contributed by atoms with van der Waals surface area (Å²) < 4.78 is 0. The van der Waals surface area contributed by atoms with Gasteiger partial charge in [-0.2, -0.15) is 0 Å². The molecule has 0 bridgehead atoms. The van der Waals surface area contributed by atoms with E-state index in [9.17, 15) is 29.4 Å². The van der Waals surface area contributed by atoms with Crippen LogP contribution >= 0.6 is 45.3 Å². The Balaban J connectivity index is 1.37. The molecule has 0 saturated heterocycles. The summed E-state index contributed by atoms with van der Waals surface area (Å²) in [4.78, 5) is 62.6. The summed E-state index contributed by atoms with van der Waals surface area (Å²) in [6, 6.07) is 16.0. The lowest BCUT2D eigenvalue weighted by molar-refractivity contribution is -0.140. The highest BCUT2D eigenvalue weighted by Gasteiger charge is 2.50. The first kappa shape index (κ1) is 36.0. The van der Waals surface area contributed by atoms with E-state index < -0.39 is 36.8 Å². The van der Waals surface area contributed by atoms with Gasteiger partial charge in [0.2, 0.25) is 0 Å². The van der Waals surface area contributed by atoms with Gasteiger partial charge in [-0.1, -0.05) is 52.4 Å². The number of aliphatic carboxylic acids is 2. The monoisotopic (exact) mass is 748 g/mol. The number of hydrogen-bond acceptors (Lipinski definition) is 8. The van der Waals surface area contributed by atoms with Crippen LogP contribution in [-0.4, -0.2) is 56.9 Å². The largest absolute Gasteiger partial charge is 0.480 e. The van der Waals surface area contributed by atoms with E-state index in [4.69, 9.17) is 0 Å². The SMILES string of the molecule is CCCCCCc1ccc(-c2ccc(C3=C4C(=O)N(CC(=O)O)C(c5ccc(-c6ccc(CCCCCC)s6)s5)=C4C(=O)N3CC(=O)O)s2)s1. The second kappa shape index (κ2) is 16.0. The predicted molar refractivity (Wildman–Crippen MR) is 203 cm³/mol. The molecule has 0 unspecified atom stereocenters. The van der Waals surface area contributed by atoms with Crippen LogP contribution in [0.25, 0.3) is 30.9 Å². The minimum atomic E-state index is -1.21. The number of carbonyl (C=O) groups excluding carboxylic acids is 2. The molecule has 2 aliphatic rings. The average molecular weight is 749 g/mol. The number of hydrogen-bond donors (Lipinski definition) is 2. The van der Waals surface area contributed by atoms with Crippen molar-refractivity contribution in [1.29, 1.82) is 0 Å². The van der Waals surface area contributed by atoms with Gasteiger partial charge in [-0.05, 0) is 74.2 Å². The van der Waals surface area contributed by atoms with Crippen molar-refractivity contribution in [2.75, 3.05) is 13.1 Å². The minimum Gasteiger partial charge on any atom is -0.480 e. The first-order valence-corrected chi connectivity index (χ1v) is 20.4. The zero-order valence-corrected chi connectivity index (χ0v) is 31.4. The van der Waals surface area contributed by atoms with Crippen LogP contribution in [0.2, 0.25) is 0 Å². The van der Waals surface area contributed by atoms with Crippen LogP contribution < -0.4 is 0 Å². The summed E-state index contributed by atoms with van der Waals surface area (Å²) in [5.41, 5.74) is 0.560. The highest BCUT2D eigenvalue weighted by atomic mass is 32.1. The van der Waals surface area contributed by atoms with E-state index in [2.05, 4.69) is 38.1 Å². The number of carboxylic acids is 2. The molecule has 2 amide bonds. The maximum atomic E-state index is 14.2. The molecule has 12 heteroatoms. The molecule has 4 aromatic rings. The van der Waals surface area contributed by atoms with Crippen molar-refractivity contribution in [3.8, 4) is 19.5 Å². The summed E-state index contributed by atoms with van der Waals surface area (Å²) in [7, 11) is 0. The molecule has 50 heavy (non-hydrogen) atoms. The fraction of sp³-hybridized carbons (Fsp3) is 0.368. The van der Waals surface area contributed by atoms with Gasteiger partial charge in [-0.25, -0.2) is 0 Å². The van der Waals surface area contributed by atoms with Gasteiger partial charge in [0.25, 0.3) is 11.8 Å². The molecule has 0 fully saturated rings. The predicted octanol–water partition coefficient (Wildman–Crippen LogP) is 9.49. The standard InChI is InChI=1S/C38H40N2O6S4/c1-3-5-7-9-11-23-13-15-25(47-23)27-17-19-29(49-27)35-33-34(38(46)39(35)21-31(41)42)36(40(37(33)45)22-32(43)44)30-20-18-28(50-30)26-16-14-24(48-26)12-10-8-6-4-2/h13-20H,3-12,21-22H2,1-2H3,(H,41,42)(H,43,44). The van der Waals surface area contributed by atoms with Gasteiger partial charge < -0.3 is 10.2 Å². The van der Waals surface area contributed by atoms with Crippen molar-refractivity contribution in [2.45, 2.75) is 78.1 Å². The maximum Gasteiger partial charge on any atom is 0.323 e. The molecule has 2 aliphatic heterocycles. The van der Waals surface area contributed by atoms with Crippen molar-refractivity contribution in [2.24, 2.45) is 0 Å². The van der Waals surface area contributed by atoms with E-state index in [1.165, 1.54) is 71.0 Å². The lowest BCUT2D eigenvalue weighted by atomic mass is 10.1. The van der Waals surface area contributed by atoms with Crippen LogP contribution in [0.1, 0.15) is 84.7 Å². The highest BCUT2D eigenvalue weighted by molar-refractivity contribution is 7.23. The molecular weight excluding hydrogens is 709 g/mol. The van der Waals surface area contributed by atoms with Crippen molar-refractivity contribution in [3.63, 3.8) is 0 Å². The molecule has 0 radical (unpaired) electrons. The van der Waals surface area contributed by atoms with E-state index in [1.807, 2.05) is 24.3 Å². The van der Waals surface area contributed by atoms with E-state index in [0.29, 0.717) is 9.75 Å². The zero-order chi connectivity index (χ0) is 35.4. The number of amides is 2. The number of carbonyl (C=O) groups is 4. The highest BCUT2D eigenvalue weighted by Crippen LogP contribution is 2.50. The maximum absolute atomic E-state index is 14.2. The summed E-state index contributed by atoms with van der Waals surface area (Å²) in [6.45, 7) is 3.14. The van der Waals surface area contributed by atoms with E-state index in [0.717, 1.165) is 55.0 Å². The molecule has 262 valence electrons. The molecule has 0 aliphatic carbocycles.